The third kappa shape index (κ3) is 4.54. The summed E-state index contributed by atoms with van der Waals surface area (Å²) in [5.74, 6) is 0.380. The average molecular weight is 403 g/mol. The van der Waals surface area contributed by atoms with Crippen LogP contribution in [0.3, 0.4) is 0 Å². The molecular formula is C21H26N2O4S. The van der Waals surface area contributed by atoms with E-state index in [9.17, 15) is 13.2 Å². The van der Waals surface area contributed by atoms with Crippen LogP contribution in [0.15, 0.2) is 47.4 Å². The van der Waals surface area contributed by atoms with Crippen LogP contribution in [0.4, 0.5) is 5.69 Å². The molecule has 150 valence electrons. The van der Waals surface area contributed by atoms with E-state index in [4.69, 9.17) is 4.74 Å². The fourth-order valence-corrected chi connectivity index (χ4v) is 4.63. The van der Waals surface area contributed by atoms with E-state index < -0.39 is 16.1 Å². The van der Waals surface area contributed by atoms with Crippen molar-refractivity contribution < 1.29 is 17.9 Å². The van der Waals surface area contributed by atoms with E-state index in [0.29, 0.717) is 24.5 Å². The van der Waals surface area contributed by atoms with Gasteiger partial charge in [-0.1, -0.05) is 12.1 Å². The molecule has 7 heteroatoms. The number of anilines is 1. The number of hydrogen-bond donors (Lipinski definition) is 1. The summed E-state index contributed by atoms with van der Waals surface area (Å²) in [7, 11) is -3.45. The summed E-state index contributed by atoms with van der Waals surface area (Å²) < 4.78 is 32.4. The van der Waals surface area contributed by atoms with Crippen molar-refractivity contribution in [1.29, 1.82) is 0 Å². The van der Waals surface area contributed by atoms with Crippen molar-refractivity contribution in [3.8, 4) is 5.75 Å². The Morgan fingerprint density at radius 3 is 2.36 bits per heavy atom. The van der Waals surface area contributed by atoms with Gasteiger partial charge >= 0.3 is 0 Å². The molecule has 2 aromatic rings. The Hall–Kier alpha value is -2.38. The lowest BCUT2D eigenvalue weighted by molar-refractivity contribution is -0.122. The Labute approximate surface area is 166 Å². The second-order valence-electron chi connectivity index (χ2n) is 7.15. The highest BCUT2D eigenvalue weighted by molar-refractivity contribution is 7.89. The maximum Gasteiger partial charge on any atom is 0.265 e. The first-order valence-corrected chi connectivity index (χ1v) is 10.9. The van der Waals surface area contributed by atoms with Crippen molar-refractivity contribution in [2.75, 3.05) is 18.4 Å². The second kappa shape index (κ2) is 8.32. The average Bonchev–Trinajstić information content (AvgIpc) is 3.21. The predicted octanol–water partition coefficient (Wildman–Crippen LogP) is 3.49. The summed E-state index contributed by atoms with van der Waals surface area (Å²) in [6.45, 7) is 6.71. The normalized spacial score (nSPS) is 16.0. The summed E-state index contributed by atoms with van der Waals surface area (Å²) >= 11 is 0. The van der Waals surface area contributed by atoms with Crippen molar-refractivity contribution in [2.24, 2.45) is 0 Å². The number of amides is 1. The maximum atomic E-state index is 12.6. The predicted molar refractivity (Wildman–Crippen MR) is 109 cm³/mol. The van der Waals surface area contributed by atoms with E-state index in [2.05, 4.69) is 5.32 Å². The molecule has 1 atom stereocenters. The number of hydrogen-bond acceptors (Lipinski definition) is 4. The van der Waals surface area contributed by atoms with Crippen molar-refractivity contribution >= 4 is 21.6 Å². The molecule has 1 fully saturated rings. The molecule has 0 aromatic heterocycles. The lowest BCUT2D eigenvalue weighted by Gasteiger charge is -2.17. The number of nitrogens with one attached hydrogen (secondary N) is 1. The zero-order valence-corrected chi connectivity index (χ0v) is 17.3. The smallest absolute Gasteiger partial charge is 0.265 e. The van der Waals surface area contributed by atoms with Crippen LogP contribution >= 0.6 is 0 Å². The first-order valence-electron chi connectivity index (χ1n) is 9.42. The highest BCUT2D eigenvalue weighted by atomic mass is 32.2. The minimum atomic E-state index is -3.45. The largest absolute Gasteiger partial charge is 0.481 e. The van der Waals surface area contributed by atoms with Gasteiger partial charge in [-0.3, -0.25) is 4.79 Å². The van der Waals surface area contributed by atoms with Crippen LogP contribution in [0.2, 0.25) is 0 Å². The molecule has 1 aliphatic rings. The van der Waals surface area contributed by atoms with Crippen molar-refractivity contribution in [3.05, 3.63) is 53.6 Å². The van der Waals surface area contributed by atoms with E-state index in [-0.39, 0.29) is 10.8 Å². The number of aryl methyl sites for hydroxylation is 2. The Morgan fingerprint density at radius 1 is 1.07 bits per heavy atom. The van der Waals surface area contributed by atoms with Gasteiger partial charge in [0.15, 0.2) is 6.10 Å². The molecule has 1 heterocycles. The molecular weight excluding hydrogens is 376 g/mol. The third-order valence-electron chi connectivity index (χ3n) is 4.84. The van der Waals surface area contributed by atoms with Gasteiger partial charge in [0.1, 0.15) is 5.75 Å². The minimum Gasteiger partial charge on any atom is -0.481 e. The van der Waals surface area contributed by atoms with E-state index in [1.807, 2.05) is 32.0 Å². The molecule has 1 aliphatic heterocycles. The number of ether oxygens (including phenoxy) is 1. The SMILES string of the molecule is Cc1ccc(C)c(O[C@@H](C)C(=O)Nc2ccc(S(=O)(=O)N3CCCC3)cc2)c1. The van der Waals surface area contributed by atoms with Gasteiger partial charge in [-0.05, 0) is 75.1 Å². The van der Waals surface area contributed by atoms with Gasteiger partial charge in [0.05, 0.1) is 4.90 Å². The molecule has 3 rings (SSSR count). The third-order valence-corrected chi connectivity index (χ3v) is 6.75. The number of rotatable bonds is 6. The fourth-order valence-electron chi connectivity index (χ4n) is 3.11. The van der Waals surface area contributed by atoms with Crippen LogP contribution in [0.1, 0.15) is 30.9 Å². The highest BCUT2D eigenvalue weighted by Gasteiger charge is 2.27. The van der Waals surface area contributed by atoms with Crippen LogP contribution in [-0.2, 0) is 14.8 Å². The summed E-state index contributed by atoms with van der Waals surface area (Å²) in [5.41, 5.74) is 2.55. The van der Waals surface area contributed by atoms with Gasteiger partial charge < -0.3 is 10.1 Å². The molecule has 1 N–H and O–H groups in total. The van der Waals surface area contributed by atoms with Crippen LogP contribution < -0.4 is 10.1 Å². The molecule has 6 nitrogen and oxygen atoms in total. The van der Waals surface area contributed by atoms with E-state index in [1.165, 1.54) is 16.4 Å². The Kier molecular flexibility index (Phi) is 6.05. The van der Waals surface area contributed by atoms with E-state index in [0.717, 1.165) is 24.0 Å². The van der Waals surface area contributed by atoms with Gasteiger partial charge in [0, 0.05) is 18.8 Å². The van der Waals surface area contributed by atoms with Crippen LogP contribution in [0.25, 0.3) is 0 Å². The monoisotopic (exact) mass is 402 g/mol. The van der Waals surface area contributed by atoms with Gasteiger partial charge in [-0.25, -0.2) is 8.42 Å². The molecule has 2 aromatic carbocycles. The Morgan fingerprint density at radius 2 is 1.71 bits per heavy atom. The number of carbonyl (C=O) groups excluding carboxylic acids is 1. The molecule has 0 aliphatic carbocycles. The van der Waals surface area contributed by atoms with E-state index in [1.54, 1.807) is 19.1 Å². The molecule has 1 saturated heterocycles. The van der Waals surface area contributed by atoms with Gasteiger partial charge in [0.25, 0.3) is 5.91 Å². The van der Waals surface area contributed by atoms with Gasteiger partial charge in [-0.15, -0.1) is 0 Å². The second-order valence-corrected chi connectivity index (χ2v) is 9.09. The lowest BCUT2D eigenvalue weighted by atomic mass is 10.1. The zero-order chi connectivity index (χ0) is 20.3. The maximum absolute atomic E-state index is 12.6. The quantitative estimate of drug-likeness (QED) is 0.802. The molecule has 0 bridgehead atoms. The Balaban J connectivity index is 1.64. The molecule has 1 amide bonds. The number of nitrogens with zero attached hydrogens (tertiary/aromatic N) is 1. The van der Waals surface area contributed by atoms with Crippen molar-refractivity contribution in [1.82, 2.24) is 4.31 Å². The minimum absolute atomic E-state index is 0.243. The first-order chi connectivity index (χ1) is 13.3. The lowest BCUT2D eigenvalue weighted by Crippen LogP contribution is -2.30. The fraction of sp³-hybridized carbons (Fsp3) is 0.381. The standard InChI is InChI=1S/C21H26N2O4S/c1-15-6-7-16(2)20(14-15)27-17(3)21(24)22-18-8-10-19(11-9-18)28(25,26)23-12-4-5-13-23/h6-11,14,17H,4-5,12-13H2,1-3H3,(H,22,24)/t17-/m0/s1. The number of carbonyl (C=O) groups is 1. The van der Waals surface area contributed by atoms with Crippen LogP contribution in [0.5, 0.6) is 5.75 Å². The summed E-state index contributed by atoms with van der Waals surface area (Å²) in [6, 6.07) is 12.1. The van der Waals surface area contributed by atoms with Crippen LogP contribution in [0, 0.1) is 13.8 Å². The van der Waals surface area contributed by atoms with Crippen molar-refractivity contribution in [3.63, 3.8) is 0 Å². The van der Waals surface area contributed by atoms with E-state index >= 15 is 0 Å². The number of benzene rings is 2. The zero-order valence-electron chi connectivity index (χ0n) is 16.4. The summed E-state index contributed by atoms with van der Waals surface area (Å²) in [4.78, 5) is 12.7. The molecule has 0 unspecified atom stereocenters. The highest BCUT2D eigenvalue weighted by Crippen LogP contribution is 2.23. The first kappa shape index (κ1) is 20.4. The van der Waals surface area contributed by atoms with Gasteiger partial charge in [0.2, 0.25) is 10.0 Å². The molecule has 0 saturated carbocycles. The van der Waals surface area contributed by atoms with Crippen molar-refractivity contribution in [2.45, 2.75) is 44.6 Å². The van der Waals surface area contributed by atoms with Gasteiger partial charge in [-0.2, -0.15) is 4.31 Å². The number of sulfonamides is 1. The molecule has 28 heavy (non-hydrogen) atoms. The molecule has 0 radical (unpaired) electrons. The van der Waals surface area contributed by atoms with Crippen LogP contribution in [-0.4, -0.2) is 37.8 Å². The molecule has 0 spiro atoms. The summed E-state index contributed by atoms with van der Waals surface area (Å²) in [6.07, 6.45) is 1.10. The Bertz CT molecular complexity index is 949. The summed E-state index contributed by atoms with van der Waals surface area (Å²) in [5, 5.41) is 2.77. The topological polar surface area (TPSA) is 75.7 Å².